The summed E-state index contributed by atoms with van der Waals surface area (Å²) >= 11 is 17.4. The van der Waals surface area contributed by atoms with Crippen LogP contribution in [0.1, 0.15) is 337 Å². The van der Waals surface area contributed by atoms with Gasteiger partial charge in [-0.05, 0) is 360 Å². The van der Waals surface area contributed by atoms with E-state index in [2.05, 4.69) is 53.2 Å². The number of benzene rings is 7. The monoisotopic (exact) mass is 2110 g/mol. The molecule has 9 saturated carbocycles. The second-order valence-electron chi connectivity index (χ2n) is 43.9. The molecule has 9 fully saturated rings. The molecule has 0 amide bonds. The molecule has 25 heteroatoms. The summed E-state index contributed by atoms with van der Waals surface area (Å²) in [6.07, 6.45) is 37.1. The third kappa shape index (κ3) is 36.5. The number of hydrogen-bond acceptors (Lipinski definition) is 7. The van der Waals surface area contributed by atoms with Crippen molar-refractivity contribution < 1.29 is 112 Å². The maximum atomic E-state index is 14.1. The van der Waals surface area contributed by atoms with Crippen LogP contribution in [-0.2, 0) is 4.79 Å². The minimum Gasteiger partial charge on any atom is -0.492 e. The number of ether oxygens (including phenoxy) is 6. The first-order valence-electron chi connectivity index (χ1n) is 53.2. The Hall–Kier alpha value is -7.43. The smallest absolute Gasteiger partial charge is 0.400 e. The summed E-state index contributed by atoms with van der Waals surface area (Å²) in [6.45, 7) is 30.9. The van der Waals surface area contributed by atoms with E-state index in [9.17, 15) is 65.9 Å². The Morgan fingerprint density at radius 3 is 0.826 bits per heavy atom. The Bertz CT molecular complexity index is 4860. The van der Waals surface area contributed by atoms with E-state index in [4.69, 9.17) is 63.3 Å². The van der Waals surface area contributed by atoms with Gasteiger partial charge in [0, 0.05) is 18.4 Å². The molecule has 9 aliphatic rings. The topological polar surface area (TPSA) is 72.5 Å². The van der Waals surface area contributed by atoms with Gasteiger partial charge in [-0.25, -0.2) is 35.1 Å². The minimum atomic E-state index is -3.36. The van der Waals surface area contributed by atoms with Gasteiger partial charge in [0.15, 0.2) is 57.9 Å². The molecule has 16 rings (SSSR count). The van der Waals surface area contributed by atoms with Crippen molar-refractivity contribution in [1.82, 2.24) is 0 Å². The van der Waals surface area contributed by atoms with Crippen molar-refractivity contribution in [3.05, 3.63) is 215 Å². The average Bonchev–Trinajstić information content (AvgIpc) is 0.807. The highest BCUT2D eigenvalue weighted by atomic mass is 35.5. The fraction of sp³-hybridized carbons (Fsp3) is 0.622. The Balaban J connectivity index is 0.00000174. The second-order valence-corrected chi connectivity index (χ2v) is 45.0. The number of hydrogen-bond donors (Lipinski definition) is 0. The van der Waals surface area contributed by atoms with Crippen molar-refractivity contribution in [2.75, 3.05) is 26.4 Å². The van der Waals surface area contributed by atoms with Gasteiger partial charge in [0.2, 0.25) is 17.5 Å². The molecule has 0 bridgehead atoms. The molecule has 0 heterocycles. The average molecular weight is 2110 g/mol. The van der Waals surface area contributed by atoms with E-state index < -0.39 is 88.0 Å². The van der Waals surface area contributed by atoms with E-state index >= 15 is 0 Å². The van der Waals surface area contributed by atoms with E-state index in [-0.39, 0.29) is 56.7 Å². The second kappa shape index (κ2) is 58.7. The maximum absolute atomic E-state index is 14.1. The molecule has 820 valence electrons. The lowest BCUT2D eigenvalue weighted by Crippen LogP contribution is -2.37. The number of carbonyl (C=O) groups excluding carboxylic acids is 1. The van der Waals surface area contributed by atoms with Crippen LogP contribution in [-0.4, -0.2) is 45.4 Å². The van der Waals surface area contributed by atoms with Crippen LogP contribution in [0.25, 0.3) is 6.08 Å². The van der Waals surface area contributed by atoms with Gasteiger partial charge in [-0.1, -0.05) is 234 Å². The molecule has 0 radical (unpaired) electrons. The molecule has 0 spiro atoms. The molecule has 0 N–H and O–H groups in total. The Labute approximate surface area is 877 Å². The van der Waals surface area contributed by atoms with E-state index in [0.717, 1.165) is 130 Å². The van der Waals surface area contributed by atoms with Crippen LogP contribution in [0.2, 0.25) is 15.1 Å². The lowest BCUT2D eigenvalue weighted by atomic mass is 9.69. The predicted octanol–water partition coefficient (Wildman–Crippen LogP) is 40.4. The molecule has 7 aromatic rings. The summed E-state index contributed by atoms with van der Waals surface area (Å²) in [5, 5.41) is -0.441. The number of carbonyl (C=O) groups is 1. The third-order valence-electron chi connectivity index (χ3n) is 32.2. The number of halogens is 18. The molecule has 0 aromatic heterocycles. The van der Waals surface area contributed by atoms with Crippen molar-refractivity contribution in [3.8, 4) is 34.5 Å². The van der Waals surface area contributed by atoms with Gasteiger partial charge in [-0.3, -0.25) is 0 Å². The van der Waals surface area contributed by atoms with Gasteiger partial charge >= 0.3 is 12.2 Å². The first-order chi connectivity index (χ1) is 68.4. The van der Waals surface area contributed by atoms with Crippen LogP contribution in [0.3, 0.4) is 0 Å². The summed E-state index contributed by atoms with van der Waals surface area (Å²) in [5.74, 6) is 1.09. The first kappa shape index (κ1) is 120. The number of rotatable bonds is 22. The fourth-order valence-electron chi connectivity index (χ4n) is 21.5. The molecule has 7 nitrogen and oxygen atoms in total. The first-order valence-corrected chi connectivity index (χ1v) is 54.3. The van der Waals surface area contributed by atoms with Gasteiger partial charge in [0.1, 0.15) is 40.0 Å². The van der Waals surface area contributed by atoms with Crippen molar-refractivity contribution in [2.45, 2.75) is 340 Å². The SMILES string of the molecule is C=O.Cc1ccc(C=CC2CCC(C)CC2)c(F)c1F.Cc1ccc(OC(F)(F)C2CCC(C)CC2)c(Cl)c1F.Cc1ccc(OC(F)(F)C2CCC(C)CC2)c(F)c1Cl.Cc1ccc(OCC2CCC(C)CC2)c(Cl)c1F.Cc1ccc(OCC2CCC(C)CC2)c(F)c1F.Cc1ccc(OCC2CCC(C3CCC(C)CC3)CC2)c(F)c1F.Cc1ccc(OCC2CCC(C3CCC(C)CC3)CC2)c(F)c1F.[HH].[HH].[HH].[HH].[HH].[HH].[HH].[HH].[HH]. The highest BCUT2D eigenvalue weighted by Crippen LogP contribution is 2.48. The maximum Gasteiger partial charge on any atom is 0.400 e. The Morgan fingerprint density at radius 2 is 0.493 bits per heavy atom. The summed E-state index contributed by atoms with van der Waals surface area (Å²) in [6, 6.07) is 21.4. The summed E-state index contributed by atoms with van der Waals surface area (Å²) in [5.41, 5.74) is 3.02. The largest absolute Gasteiger partial charge is 0.492 e. The van der Waals surface area contributed by atoms with E-state index in [1.165, 1.54) is 166 Å². The van der Waals surface area contributed by atoms with Crippen LogP contribution < -0.4 is 28.4 Å². The third-order valence-corrected chi connectivity index (χ3v) is 33.4. The normalized spacial score (nSPS) is 26.0. The minimum absolute atomic E-state index is 0. The molecular weight excluding hydrogens is 1930 g/mol. The molecule has 0 unspecified atom stereocenters. The quantitative estimate of drug-likeness (QED) is 0.0626. The number of allylic oxidation sites excluding steroid dienone is 1. The van der Waals surface area contributed by atoms with Gasteiger partial charge < -0.3 is 33.2 Å². The lowest BCUT2D eigenvalue weighted by molar-refractivity contribution is -0.224. The fourth-order valence-corrected chi connectivity index (χ4v) is 22.2. The van der Waals surface area contributed by atoms with E-state index in [1.807, 2.05) is 12.9 Å². The molecule has 9 aliphatic carbocycles. The van der Waals surface area contributed by atoms with Gasteiger partial charge in [-0.2, -0.15) is 30.7 Å². The van der Waals surface area contributed by atoms with Crippen molar-refractivity contribution in [3.63, 3.8) is 0 Å². The van der Waals surface area contributed by atoms with Crippen molar-refractivity contribution in [2.24, 2.45) is 107 Å². The highest BCUT2D eigenvalue weighted by molar-refractivity contribution is 6.32. The molecule has 144 heavy (non-hydrogen) atoms. The molecule has 7 aromatic carbocycles. The van der Waals surface area contributed by atoms with Gasteiger partial charge in [0.05, 0.1) is 43.3 Å². The van der Waals surface area contributed by atoms with E-state index in [1.54, 1.807) is 102 Å². The van der Waals surface area contributed by atoms with Crippen LogP contribution in [0.15, 0.2) is 91.0 Å². The van der Waals surface area contributed by atoms with Crippen molar-refractivity contribution >= 4 is 47.7 Å². The number of aryl methyl sites for hydroxylation is 7. The summed E-state index contributed by atoms with van der Waals surface area (Å²) in [7, 11) is 0. The summed E-state index contributed by atoms with van der Waals surface area (Å²) in [4.78, 5) is 8.00. The van der Waals surface area contributed by atoms with Crippen molar-refractivity contribution in [1.29, 1.82) is 0 Å². The zero-order valence-electron chi connectivity index (χ0n) is 87.3. The van der Waals surface area contributed by atoms with Crippen LogP contribution >= 0.6 is 34.8 Å². The lowest BCUT2D eigenvalue weighted by Gasteiger charge is -2.37. The standard InChI is InChI=1S/2C21H30F2O.C16H20F2.2C15H18ClF3O.C15H20ClFO.C15H20F2O.CH2O.9H2/c2*1-14-3-8-17(9-4-14)18-10-6-16(7-11-18)13-24-19-12-5-15(2)20(22)21(19)23;1-11-3-6-13(7-4-11)8-10-14-9-5-12(2)15(17)16(14)18;1-9-3-6-11(7-4-9)15(18,19)20-12-8-5-10(2)14(17)13(12)16;1-9-3-6-11(7-4-9)15(18,19)20-12-8-5-10(2)13(16)14(12)17;1-10-3-6-12(7-4-10)9-18-13-8-5-11(2)15(17)14(13)16;1-10-3-6-12(7-4-10)9-18-13-8-5-11(2)14(16)15(13)17;1-2;;;;;;;;;/h2*5,12,14,16-18H,3-4,6-11,13H2,1-2H3;5,8-11,13H,3-4,6-7H2,1-2H3;2*5,8-9,11H,3-4,6-7H2,1-2H3;2*5,8,10,12H,3-4,6-7,9H2,1-2H3;1H2;9*1H. The zero-order valence-corrected chi connectivity index (χ0v) is 89.6. The molecule has 0 aliphatic heterocycles. The van der Waals surface area contributed by atoms with Crippen LogP contribution in [0.5, 0.6) is 34.5 Å². The highest BCUT2D eigenvalue weighted by Gasteiger charge is 2.46. The van der Waals surface area contributed by atoms with Gasteiger partial charge in [0.25, 0.3) is 0 Å². The van der Waals surface area contributed by atoms with Crippen LogP contribution in [0.4, 0.5) is 65.9 Å². The molecule has 0 saturated heterocycles. The Kier molecular flexibility index (Phi) is 48.9. The van der Waals surface area contributed by atoms with Crippen LogP contribution in [0, 0.1) is 219 Å². The molecular formula is C119H176Cl3F15O7. The Morgan fingerprint density at radius 1 is 0.264 bits per heavy atom. The predicted molar refractivity (Wildman–Crippen MR) is 570 cm³/mol. The number of alkyl halides is 4. The van der Waals surface area contributed by atoms with E-state index in [0.29, 0.717) is 144 Å². The zero-order chi connectivity index (χ0) is 105. The van der Waals surface area contributed by atoms with Gasteiger partial charge in [-0.15, -0.1) is 0 Å². The molecule has 0 atom stereocenters. The summed E-state index contributed by atoms with van der Waals surface area (Å²) < 4.78 is 238.